The summed E-state index contributed by atoms with van der Waals surface area (Å²) in [4.78, 5) is 23.8. The van der Waals surface area contributed by atoms with E-state index < -0.39 is 11.8 Å². The molecule has 2 aromatic carbocycles. The standard InChI is InChI=1S/C23H23FN4O2/c1-16-14-19(17(2)28(16)21-11-7-6-10-20(21)24)15-26-27-23(30)22(29)25-13-12-18-8-4-3-5-9-18/h3-11,14-15H,12-13H2,1-2H3,(H,25,29)(H,27,30)/b26-15-. The molecule has 0 saturated heterocycles. The van der Waals surface area contributed by atoms with Crippen molar-refractivity contribution in [2.75, 3.05) is 6.54 Å². The van der Waals surface area contributed by atoms with Gasteiger partial charge in [-0.3, -0.25) is 9.59 Å². The first-order valence-corrected chi connectivity index (χ1v) is 9.56. The Morgan fingerprint density at radius 2 is 1.73 bits per heavy atom. The Kier molecular flexibility index (Phi) is 6.75. The molecule has 154 valence electrons. The van der Waals surface area contributed by atoms with E-state index in [1.165, 1.54) is 12.3 Å². The van der Waals surface area contributed by atoms with Gasteiger partial charge in [0.05, 0.1) is 11.9 Å². The van der Waals surface area contributed by atoms with Gasteiger partial charge in [-0.1, -0.05) is 42.5 Å². The number of hydrogen-bond acceptors (Lipinski definition) is 3. The van der Waals surface area contributed by atoms with Crippen LogP contribution in [0.3, 0.4) is 0 Å². The summed E-state index contributed by atoms with van der Waals surface area (Å²) in [6.07, 6.45) is 2.07. The Labute approximate surface area is 174 Å². The number of rotatable bonds is 6. The predicted molar refractivity (Wildman–Crippen MR) is 114 cm³/mol. The predicted octanol–water partition coefficient (Wildman–Crippen LogP) is 3.04. The van der Waals surface area contributed by atoms with Crippen LogP contribution in [0, 0.1) is 19.7 Å². The van der Waals surface area contributed by atoms with Crippen LogP contribution in [-0.2, 0) is 16.0 Å². The molecule has 2 amide bonds. The molecule has 30 heavy (non-hydrogen) atoms. The van der Waals surface area contributed by atoms with Gasteiger partial charge in [0.2, 0.25) is 0 Å². The summed E-state index contributed by atoms with van der Waals surface area (Å²) in [5.74, 6) is -1.93. The molecule has 0 spiro atoms. The third-order valence-electron chi connectivity index (χ3n) is 4.68. The number of amides is 2. The molecule has 0 aliphatic heterocycles. The van der Waals surface area contributed by atoms with Gasteiger partial charge in [0, 0.05) is 23.5 Å². The second-order valence-corrected chi connectivity index (χ2v) is 6.80. The highest BCUT2D eigenvalue weighted by Gasteiger charge is 2.14. The molecule has 3 aromatic rings. The van der Waals surface area contributed by atoms with Crippen LogP contribution in [0.5, 0.6) is 0 Å². The van der Waals surface area contributed by atoms with Crippen LogP contribution in [0.15, 0.2) is 65.8 Å². The number of carbonyl (C=O) groups excluding carboxylic acids is 2. The van der Waals surface area contributed by atoms with E-state index in [1.807, 2.05) is 50.2 Å². The van der Waals surface area contributed by atoms with E-state index in [0.29, 0.717) is 24.2 Å². The van der Waals surface area contributed by atoms with Gasteiger partial charge >= 0.3 is 11.8 Å². The van der Waals surface area contributed by atoms with E-state index in [9.17, 15) is 14.0 Å². The molecular weight excluding hydrogens is 383 g/mol. The second-order valence-electron chi connectivity index (χ2n) is 6.80. The maximum atomic E-state index is 14.1. The van der Waals surface area contributed by atoms with Gasteiger partial charge in [0.1, 0.15) is 5.82 Å². The van der Waals surface area contributed by atoms with Gasteiger partial charge in [-0.25, -0.2) is 9.82 Å². The van der Waals surface area contributed by atoms with E-state index in [0.717, 1.165) is 17.0 Å². The maximum absolute atomic E-state index is 14.1. The summed E-state index contributed by atoms with van der Waals surface area (Å²) in [5.41, 5.74) is 6.03. The number of aromatic nitrogens is 1. The number of hydrogen-bond donors (Lipinski definition) is 2. The Morgan fingerprint density at radius 3 is 2.47 bits per heavy atom. The van der Waals surface area contributed by atoms with Gasteiger partial charge in [-0.05, 0) is 44.0 Å². The Morgan fingerprint density at radius 1 is 1.03 bits per heavy atom. The zero-order valence-corrected chi connectivity index (χ0v) is 16.9. The van der Waals surface area contributed by atoms with Crippen molar-refractivity contribution in [2.24, 2.45) is 5.10 Å². The SMILES string of the molecule is Cc1cc(/C=N\NC(=O)C(=O)NCCc2ccccc2)c(C)n1-c1ccccc1F. The molecule has 6 nitrogen and oxygen atoms in total. The third-order valence-corrected chi connectivity index (χ3v) is 4.68. The largest absolute Gasteiger partial charge is 0.347 e. The number of nitrogens with zero attached hydrogens (tertiary/aromatic N) is 2. The van der Waals surface area contributed by atoms with Crippen molar-refractivity contribution in [3.63, 3.8) is 0 Å². The number of nitrogens with one attached hydrogen (secondary N) is 2. The molecular formula is C23H23FN4O2. The fourth-order valence-corrected chi connectivity index (χ4v) is 3.18. The molecule has 0 aliphatic rings. The number of carbonyl (C=O) groups is 2. The lowest BCUT2D eigenvalue weighted by Gasteiger charge is -2.10. The number of halogens is 1. The summed E-state index contributed by atoms with van der Waals surface area (Å²) in [6, 6.07) is 18.0. The fourth-order valence-electron chi connectivity index (χ4n) is 3.18. The monoisotopic (exact) mass is 406 g/mol. The first-order valence-electron chi connectivity index (χ1n) is 9.56. The minimum absolute atomic E-state index is 0.330. The van der Waals surface area contributed by atoms with Crippen LogP contribution in [0.4, 0.5) is 4.39 Å². The fraction of sp³-hybridized carbons (Fsp3) is 0.174. The highest BCUT2D eigenvalue weighted by molar-refractivity contribution is 6.35. The van der Waals surface area contributed by atoms with Crippen LogP contribution in [0.25, 0.3) is 5.69 Å². The number of aryl methyl sites for hydroxylation is 1. The maximum Gasteiger partial charge on any atom is 0.329 e. The molecule has 1 aromatic heterocycles. The van der Waals surface area contributed by atoms with E-state index in [1.54, 1.807) is 22.8 Å². The molecule has 0 fully saturated rings. The Hall–Kier alpha value is -3.74. The van der Waals surface area contributed by atoms with Crippen molar-refractivity contribution >= 4 is 18.0 Å². The van der Waals surface area contributed by atoms with E-state index >= 15 is 0 Å². The third kappa shape index (κ3) is 5.00. The van der Waals surface area contributed by atoms with E-state index in [4.69, 9.17) is 0 Å². The van der Waals surface area contributed by atoms with Crippen molar-refractivity contribution < 1.29 is 14.0 Å². The zero-order chi connectivity index (χ0) is 21.5. The number of benzene rings is 2. The molecule has 0 saturated carbocycles. The molecule has 0 bridgehead atoms. The van der Waals surface area contributed by atoms with Gasteiger partial charge in [0.25, 0.3) is 0 Å². The summed E-state index contributed by atoms with van der Waals surface area (Å²) in [5, 5.41) is 6.43. The second kappa shape index (κ2) is 9.65. The van der Waals surface area contributed by atoms with E-state index in [2.05, 4.69) is 15.8 Å². The molecule has 3 rings (SSSR count). The van der Waals surface area contributed by atoms with Gasteiger partial charge in [-0.2, -0.15) is 5.10 Å². The highest BCUT2D eigenvalue weighted by Crippen LogP contribution is 2.21. The molecule has 0 unspecified atom stereocenters. The van der Waals surface area contributed by atoms with Gasteiger partial charge in [-0.15, -0.1) is 0 Å². The van der Waals surface area contributed by atoms with Crippen molar-refractivity contribution in [1.82, 2.24) is 15.3 Å². The molecule has 1 heterocycles. The molecule has 0 atom stereocenters. The molecule has 0 aliphatic carbocycles. The summed E-state index contributed by atoms with van der Waals surface area (Å²) in [7, 11) is 0. The molecule has 7 heteroatoms. The smallest absolute Gasteiger partial charge is 0.329 e. The minimum atomic E-state index is -0.845. The first kappa shape index (κ1) is 21.0. The molecule has 2 N–H and O–H groups in total. The average molecular weight is 406 g/mol. The lowest BCUT2D eigenvalue weighted by Crippen LogP contribution is -2.38. The lowest BCUT2D eigenvalue weighted by atomic mass is 10.1. The van der Waals surface area contributed by atoms with Crippen molar-refractivity contribution in [3.05, 3.63) is 89.0 Å². The normalized spacial score (nSPS) is 10.9. The number of para-hydroxylation sites is 1. The number of hydrazone groups is 1. The van der Waals surface area contributed by atoms with Gasteiger partial charge in [0.15, 0.2) is 0 Å². The van der Waals surface area contributed by atoms with Crippen LogP contribution < -0.4 is 10.7 Å². The average Bonchev–Trinajstić information content (AvgIpc) is 3.02. The lowest BCUT2D eigenvalue weighted by molar-refractivity contribution is -0.139. The Bertz CT molecular complexity index is 1070. The summed E-state index contributed by atoms with van der Waals surface area (Å²) in [6.45, 7) is 4.04. The van der Waals surface area contributed by atoms with Gasteiger partial charge < -0.3 is 9.88 Å². The minimum Gasteiger partial charge on any atom is -0.347 e. The first-order chi connectivity index (χ1) is 14.5. The topological polar surface area (TPSA) is 75.5 Å². The van der Waals surface area contributed by atoms with Crippen LogP contribution in [-0.4, -0.2) is 29.1 Å². The quantitative estimate of drug-likeness (QED) is 0.375. The van der Waals surface area contributed by atoms with Crippen LogP contribution in [0.2, 0.25) is 0 Å². The summed E-state index contributed by atoms with van der Waals surface area (Å²) >= 11 is 0. The zero-order valence-electron chi connectivity index (χ0n) is 16.9. The Balaban J connectivity index is 1.57. The van der Waals surface area contributed by atoms with E-state index in [-0.39, 0.29) is 5.82 Å². The highest BCUT2D eigenvalue weighted by atomic mass is 19.1. The van der Waals surface area contributed by atoms with Crippen LogP contribution in [0.1, 0.15) is 22.5 Å². The van der Waals surface area contributed by atoms with Crippen molar-refractivity contribution in [1.29, 1.82) is 0 Å². The van der Waals surface area contributed by atoms with Crippen LogP contribution >= 0.6 is 0 Å². The van der Waals surface area contributed by atoms with Crippen molar-refractivity contribution in [2.45, 2.75) is 20.3 Å². The molecule has 0 radical (unpaired) electrons. The van der Waals surface area contributed by atoms with Crippen molar-refractivity contribution in [3.8, 4) is 5.69 Å². The summed E-state index contributed by atoms with van der Waals surface area (Å²) < 4.78 is 15.9.